The lowest BCUT2D eigenvalue weighted by molar-refractivity contribution is -0.115. The summed E-state index contributed by atoms with van der Waals surface area (Å²) < 4.78 is 6.09. The zero-order chi connectivity index (χ0) is 23.2. The molecule has 166 valence electrons. The van der Waals surface area contributed by atoms with Gasteiger partial charge >= 0.3 is 0 Å². The summed E-state index contributed by atoms with van der Waals surface area (Å²) >= 11 is 0. The molecule has 0 heterocycles. The Morgan fingerprint density at radius 2 is 1.41 bits per heavy atom. The van der Waals surface area contributed by atoms with Crippen molar-refractivity contribution in [1.29, 1.82) is 0 Å². The van der Waals surface area contributed by atoms with Gasteiger partial charge in [0.15, 0.2) is 0 Å². The third kappa shape index (κ3) is 5.00. The van der Waals surface area contributed by atoms with Crippen molar-refractivity contribution in [3.8, 4) is 5.75 Å². The molecule has 0 bridgehead atoms. The standard InChI is InChI=1S/C31H25NO2/c33-31(22-27-17-8-16-24-13-6-7-18-28(24)27)32-29-20-25-14-4-5-15-26(25)21-30(29)34-19-9-12-23-10-2-1-3-11-23/h1-18,20-21H,19,22H2,(H,32,33). The van der Waals surface area contributed by atoms with Crippen LogP contribution < -0.4 is 10.1 Å². The minimum absolute atomic E-state index is 0.0729. The third-order valence-electron chi connectivity index (χ3n) is 5.80. The molecule has 0 atom stereocenters. The first kappa shape index (κ1) is 21.5. The number of hydrogen-bond donors (Lipinski definition) is 1. The summed E-state index contributed by atoms with van der Waals surface area (Å²) in [4.78, 5) is 13.0. The Labute approximate surface area is 199 Å². The van der Waals surface area contributed by atoms with E-state index in [9.17, 15) is 4.79 Å². The number of nitrogens with one attached hydrogen (secondary N) is 1. The highest BCUT2D eigenvalue weighted by atomic mass is 16.5. The fraction of sp³-hybridized carbons (Fsp3) is 0.0645. The second kappa shape index (κ2) is 10.1. The van der Waals surface area contributed by atoms with E-state index in [0.29, 0.717) is 24.5 Å². The van der Waals surface area contributed by atoms with E-state index < -0.39 is 0 Å². The van der Waals surface area contributed by atoms with Crippen molar-refractivity contribution in [3.63, 3.8) is 0 Å². The van der Waals surface area contributed by atoms with E-state index in [0.717, 1.165) is 32.7 Å². The van der Waals surface area contributed by atoms with Crippen LogP contribution in [0.1, 0.15) is 11.1 Å². The summed E-state index contributed by atoms with van der Waals surface area (Å²) in [6.07, 6.45) is 4.30. The number of amides is 1. The molecule has 0 saturated carbocycles. The molecule has 0 aliphatic carbocycles. The molecule has 0 fully saturated rings. The summed E-state index contributed by atoms with van der Waals surface area (Å²) in [7, 11) is 0. The highest BCUT2D eigenvalue weighted by Crippen LogP contribution is 2.31. The van der Waals surface area contributed by atoms with Gasteiger partial charge < -0.3 is 10.1 Å². The Hall–Kier alpha value is -4.37. The molecule has 1 amide bonds. The van der Waals surface area contributed by atoms with Gasteiger partial charge in [-0.05, 0) is 50.9 Å². The molecule has 3 heteroatoms. The van der Waals surface area contributed by atoms with E-state index in [1.807, 2.05) is 103 Å². The van der Waals surface area contributed by atoms with Crippen LogP contribution in [0.2, 0.25) is 0 Å². The molecular formula is C31H25NO2. The van der Waals surface area contributed by atoms with Crippen LogP contribution in [0.5, 0.6) is 5.75 Å². The van der Waals surface area contributed by atoms with Crippen molar-refractivity contribution in [1.82, 2.24) is 0 Å². The SMILES string of the molecule is O=C(Cc1cccc2ccccc12)Nc1cc2ccccc2cc1OCC=Cc1ccccc1. The number of ether oxygens (including phenoxy) is 1. The van der Waals surface area contributed by atoms with Crippen molar-refractivity contribution in [2.45, 2.75) is 6.42 Å². The first-order valence-electron chi connectivity index (χ1n) is 11.4. The molecule has 0 radical (unpaired) electrons. The van der Waals surface area contributed by atoms with Crippen molar-refractivity contribution in [2.75, 3.05) is 11.9 Å². The molecule has 3 nitrogen and oxygen atoms in total. The van der Waals surface area contributed by atoms with Crippen LogP contribution in [0.4, 0.5) is 5.69 Å². The van der Waals surface area contributed by atoms with Gasteiger partial charge in [-0.25, -0.2) is 0 Å². The van der Waals surface area contributed by atoms with Gasteiger partial charge in [-0.3, -0.25) is 4.79 Å². The van der Waals surface area contributed by atoms with E-state index in [1.165, 1.54) is 0 Å². The molecule has 5 aromatic rings. The molecule has 0 spiro atoms. The maximum atomic E-state index is 13.0. The molecular weight excluding hydrogens is 418 g/mol. The third-order valence-corrected chi connectivity index (χ3v) is 5.80. The normalized spacial score (nSPS) is 11.2. The molecule has 1 N–H and O–H groups in total. The highest BCUT2D eigenvalue weighted by molar-refractivity contribution is 5.99. The van der Waals surface area contributed by atoms with E-state index in [-0.39, 0.29) is 5.91 Å². The fourth-order valence-corrected chi connectivity index (χ4v) is 4.14. The largest absolute Gasteiger partial charge is 0.487 e. The summed E-state index contributed by atoms with van der Waals surface area (Å²) in [5, 5.41) is 7.43. The van der Waals surface area contributed by atoms with Crippen molar-refractivity contribution in [3.05, 3.63) is 126 Å². The number of rotatable bonds is 7. The van der Waals surface area contributed by atoms with Crippen LogP contribution in [0.15, 0.2) is 115 Å². The van der Waals surface area contributed by atoms with Gasteiger partial charge in [0.05, 0.1) is 12.1 Å². The smallest absolute Gasteiger partial charge is 0.228 e. The van der Waals surface area contributed by atoms with Gasteiger partial charge in [-0.15, -0.1) is 0 Å². The number of anilines is 1. The van der Waals surface area contributed by atoms with Crippen LogP contribution in [-0.2, 0) is 11.2 Å². The first-order valence-corrected chi connectivity index (χ1v) is 11.4. The summed E-state index contributed by atoms with van der Waals surface area (Å²) in [5.41, 5.74) is 2.80. The minimum Gasteiger partial charge on any atom is -0.487 e. The van der Waals surface area contributed by atoms with Gasteiger partial charge in [0, 0.05) is 0 Å². The zero-order valence-electron chi connectivity index (χ0n) is 18.8. The molecule has 0 aliphatic rings. The van der Waals surface area contributed by atoms with E-state index in [2.05, 4.69) is 23.5 Å². The summed E-state index contributed by atoms with van der Waals surface area (Å²) in [6.45, 7) is 0.402. The molecule has 5 rings (SSSR count). The van der Waals surface area contributed by atoms with Crippen molar-refractivity contribution < 1.29 is 9.53 Å². The van der Waals surface area contributed by atoms with Crippen molar-refractivity contribution >= 4 is 39.2 Å². The van der Waals surface area contributed by atoms with E-state index in [4.69, 9.17) is 4.74 Å². The average Bonchev–Trinajstić information content (AvgIpc) is 2.87. The number of fused-ring (bicyclic) bond motifs is 2. The molecule has 5 aromatic carbocycles. The first-order chi connectivity index (χ1) is 16.8. The zero-order valence-corrected chi connectivity index (χ0v) is 18.8. The van der Waals surface area contributed by atoms with Crippen LogP contribution in [0.3, 0.4) is 0 Å². The van der Waals surface area contributed by atoms with Gasteiger partial charge in [-0.1, -0.05) is 103 Å². The van der Waals surface area contributed by atoms with Gasteiger partial charge in [0.1, 0.15) is 12.4 Å². The monoisotopic (exact) mass is 443 g/mol. The lowest BCUT2D eigenvalue weighted by Crippen LogP contribution is -2.15. The maximum absolute atomic E-state index is 13.0. The molecule has 0 aliphatic heterocycles. The topological polar surface area (TPSA) is 38.3 Å². The summed E-state index contributed by atoms with van der Waals surface area (Å²) in [6, 6.07) is 36.3. The quantitative estimate of drug-likeness (QED) is 0.287. The molecule has 0 unspecified atom stereocenters. The number of benzene rings is 5. The Morgan fingerprint density at radius 3 is 2.24 bits per heavy atom. The van der Waals surface area contributed by atoms with Crippen molar-refractivity contribution in [2.24, 2.45) is 0 Å². The van der Waals surface area contributed by atoms with Crippen LogP contribution in [0, 0.1) is 0 Å². The fourth-order valence-electron chi connectivity index (χ4n) is 4.14. The van der Waals surface area contributed by atoms with Gasteiger partial charge in [0.2, 0.25) is 5.91 Å². The molecule has 0 saturated heterocycles. The second-order valence-corrected chi connectivity index (χ2v) is 8.18. The number of carbonyl (C=O) groups is 1. The predicted molar refractivity (Wildman–Crippen MR) is 141 cm³/mol. The predicted octanol–water partition coefficient (Wildman–Crippen LogP) is 7.27. The van der Waals surface area contributed by atoms with Gasteiger partial charge in [0.25, 0.3) is 0 Å². The lowest BCUT2D eigenvalue weighted by Gasteiger charge is -2.14. The number of carbonyl (C=O) groups excluding carboxylic acids is 1. The van der Waals surface area contributed by atoms with Crippen LogP contribution >= 0.6 is 0 Å². The Morgan fingerprint density at radius 1 is 0.735 bits per heavy atom. The van der Waals surface area contributed by atoms with E-state index in [1.54, 1.807) is 0 Å². The maximum Gasteiger partial charge on any atom is 0.228 e. The number of hydrogen-bond acceptors (Lipinski definition) is 2. The molecule has 0 aromatic heterocycles. The second-order valence-electron chi connectivity index (χ2n) is 8.18. The average molecular weight is 444 g/mol. The van der Waals surface area contributed by atoms with Gasteiger partial charge in [-0.2, -0.15) is 0 Å². The lowest BCUT2D eigenvalue weighted by atomic mass is 10.0. The Bertz CT molecular complexity index is 1470. The Kier molecular flexibility index (Phi) is 6.35. The molecule has 34 heavy (non-hydrogen) atoms. The van der Waals surface area contributed by atoms with E-state index >= 15 is 0 Å². The highest BCUT2D eigenvalue weighted by Gasteiger charge is 2.12. The van der Waals surface area contributed by atoms with Crippen LogP contribution in [-0.4, -0.2) is 12.5 Å². The Balaban J connectivity index is 1.36. The minimum atomic E-state index is -0.0729. The van der Waals surface area contributed by atoms with Crippen LogP contribution in [0.25, 0.3) is 27.6 Å². The summed E-state index contributed by atoms with van der Waals surface area (Å²) in [5.74, 6) is 0.582.